The lowest BCUT2D eigenvalue weighted by atomic mass is 9.67. The topological polar surface area (TPSA) is 43.8 Å². The molecule has 3 nitrogen and oxygen atoms in total. The molecule has 10 rings (SSSR count). The molecular weight excluding hydrogens is 603 g/mol. The Hall–Kier alpha value is -5.84. The van der Waals surface area contributed by atoms with E-state index in [-0.39, 0.29) is 0 Å². The molecule has 0 atom stereocenters. The van der Waals surface area contributed by atoms with Crippen molar-refractivity contribution in [2.75, 3.05) is 5.73 Å². The summed E-state index contributed by atoms with van der Waals surface area (Å²) in [7, 11) is 0. The Morgan fingerprint density at radius 3 is 1.96 bits per heavy atom. The van der Waals surface area contributed by atoms with Crippen LogP contribution in [0.4, 0.5) is 5.69 Å². The van der Waals surface area contributed by atoms with E-state index >= 15 is 0 Å². The van der Waals surface area contributed by atoms with E-state index in [0.29, 0.717) is 0 Å². The summed E-state index contributed by atoms with van der Waals surface area (Å²) in [6.07, 6.45) is 0. The first-order valence-corrected chi connectivity index (χ1v) is 17.1. The molecule has 0 saturated heterocycles. The molecule has 1 spiro atoms. The van der Waals surface area contributed by atoms with Gasteiger partial charge in [0.1, 0.15) is 5.82 Å². The van der Waals surface area contributed by atoms with E-state index in [4.69, 9.17) is 10.7 Å². The van der Waals surface area contributed by atoms with Crippen LogP contribution >= 0.6 is 11.8 Å². The molecule has 0 fully saturated rings. The second-order valence-electron chi connectivity index (χ2n) is 12.5. The van der Waals surface area contributed by atoms with Gasteiger partial charge in [-0.2, -0.15) is 0 Å². The monoisotopic (exact) mass is 631 g/mol. The number of para-hydroxylation sites is 2. The Labute approximate surface area is 283 Å². The van der Waals surface area contributed by atoms with Gasteiger partial charge in [-0.25, -0.2) is 4.98 Å². The van der Waals surface area contributed by atoms with Crippen LogP contribution in [0.1, 0.15) is 22.3 Å². The maximum Gasteiger partial charge on any atom is 0.145 e. The van der Waals surface area contributed by atoms with Crippen molar-refractivity contribution in [1.29, 1.82) is 0 Å². The summed E-state index contributed by atoms with van der Waals surface area (Å²) < 4.78 is 2.33. The molecule has 0 saturated carbocycles. The molecule has 0 radical (unpaired) electrons. The molecule has 2 aliphatic rings. The zero-order valence-corrected chi connectivity index (χ0v) is 26.8. The Morgan fingerprint density at radius 1 is 0.521 bits per heavy atom. The van der Waals surface area contributed by atoms with Gasteiger partial charge >= 0.3 is 0 Å². The minimum atomic E-state index is -0.508. The number of imidazole rings is 1. The van der Waals surface area contributed by atoms with Crippen LogP contribution < -0.4 is 5.73 Å². The lowest BCUT2D eigenvalue weighted by Crippen LogP contribution is -2.32. The van der Waals surface area contributed by atoms with Crippen LogP contribution in [0.25, 0.3) is 50.4 Å². The minimum Gasteiger partial charge on any atom is -0.399 e. The van der Waals surface area contributed by atoms with E-state index in [1.54, 1.807) is 0 Å². The number of hydrogen-bond donors (Lipinski definition) is 1. The van der Waals surface area contributed by atoms with E-state index in [0.717, 1.165) is 39.4 Å². The third-order valence-corrected chi connectivity index (χ3v) is 11.2. The molecular formula is C44H29N3S. The van der Waals surface area contributed by atoms with Gasteiger partial charge in [-0.05, 0) is 93.0 Å². The van der Waals surface area contributed by atoms with E-state index in [2.05, 4.69) is 156 Å². The number of fused-ring (bicyclic) bond motifs is 10. The van der Waals surface area contributed by atoms with Crippen LogP contribution in [0, 0.1) is 0 Å². The highest BCUT2D eigenvalue weighted by atomic mass is 32.2. The van der Waals surface area contributed by atoms with Crippen LogP contribution in [0.2, 0.25) is 0 Å². The predicted octanol–water partition coefficient (Wildman–Crippen LogP) is 10.8. The second kappa shape index (κ2) is 10.3. The molecule has 1 aromatic heterocycles. The molecule has 0 bridgehead atoms. The first kappa shape index (κ1) is 27.3. The highest BCUT2D eigenvalue weighted by molar-refractivity contribution is 7.99. The number of hydrogen-bond acceptors (Lipinski definition) is 3. The van der Waals surface area contributed by atoms with Gasteiger partial charge in [0.2, 0.25) is 0 Å². The maximum atomic E-state index is 6.16. The van der Waals surface area contributed by atoms with Gasteiger partial charge < -0.3 is 5.73 Å². The van der Waals surface area contributed by atoms with Crippen molar-refractivity contribution in [2.45, 2.75) is 15.2 Å². The van der Waals surface area contributed by atoms with E-state index in [9.17, 15) is 0 Å². The molecule has 0 amide bonds. The van der Waals surface area contributed by atoms with Crippen LogP contribution in [0.15, 0.2) is 174 Å². The van der Waals surface area contributed by atoms with E-state index < -0.39 is 5.41 Å². The smallest absolute Gasteiger partial charge is 0.145 e. The molecule has 2 heterocycles. The van der Waals surface area contributed by atoms with Crippen LogP contribution in [-0.2, 0) is 5.41 Å². The molecule has 1 aliphatic heterocycles. The summed E-state index contributed by atoms with van der Waals surface area (Å²) in [5, 5.41) is 0. The number of nitrogen functional groups attached to an aromatic ring is 1. The van der Waals surface area contributed by atoms with Gasteiger partial charge in [0.25, 0.3) is 0 Å². The number of rotatable bonds is 3. The largest absolute Gasteiger partial charge is 0.399 e. The normalized spacial score (nSPS) is 13.6. The minimum absolute atomic E-state index is 0.508. The molecule has 226 valence electrons. The fourth-order valence-corrected chi connectivity index (χ4v) is 9.24. The zero-order valence-electron chi connectivity index (χ0n) is 26.0. The summed E-state index contributed by atoms with van der Waals surface area (Å²) >= 11 is 1.87. The Kier molecular flexibility index (Phi) is 5.87. The molecule has 1 aliphatic carbocycles. The highest BCUT2D eigenvalue weighted by Crippen LogP contribution is 2.63. The van der Waals surface area contributed by atoms with Gasteiger partial charge in [0.15, 0.2) is 0 Å². The number of aromatic nitrogens is 2. The molecule has 4 heteroatoms. The summed E-state index contributed by atoms with van der Waals surface area (Å²) in [5.41, 5.74) is 20.8. The molecule has 2 N–H and O–H groups in total. The summed E-state index contributed by atoms with van der Waals surface area (Å²) in [4.78, 5) is 7.76. The van der Waals surface area contributed by atoms with Crippen molar-refractivity contribution in [1.82, 2.24) is 9.55 Å². The van der Waals surface area contributed by atoms with Crippen LogP contribution in [0.3, 0.4) is 0 Å². The number of nitrogens with zero attached hydrogens (tertiary/aromatic N) is 2. The molecule has 0 unspecified atom stereocenters. The summed E-state index contributed by atoms with van der Waals surface area (Å²) in [6.45, 7) is 0. The predicted molar refractivity (Wildman–Crippen MR) is 198 cm³/mol. The average Bonchev–Trinajstić information content (AvgIpc) is 3.67. The van der Waals surface area contributed by atoms with Crippen molar-refractivity contribution in [3.63, 3.8) is 0 Å². The van der Waals surface area contributed by atoms with Gasteiger partial charge in [0, 0.05) is 26.7 Å². The van der Waals surface area contributed by atoms with E-state index in [1.807, 2.05) is 23.9 Å². The van der Waals surface area contributed by atoms with E-state index in [1.165, 1.54) is 48.7 Å². The standard InChI is InChI=1S/C44H29N3S/c45-30-23-21-28(22-24-30)32-13-10-16-36-42(32)33-26-25-31(47-39-18-7-6-17-38(39)46-43(47)29-11-2-1-3-12-29)27-37(33)44(36)34-14-4-8-19-40(34)48-41-20-9-5-15-35(41)44/h1-27H,45H2. The van der Waals surface area contributed by atoms with Crippen molar-refractivity contribution < 1.29 is 0 Å². The first-order chi connectivity index (χ1) is 23.7. The third kappa shape index (κ3) is 3.75. The second-order valence-corrected chi connectivity index (χ2v) is 13.6. The van der Waals surface area contributed by atoms with Crippen molar-refractivity contribution in [2.24, 2.45) is 0 Å². The lowest BCUT2D eigenvalue weighted by molar-refractivity contribution is 0.721. The number of benzene rings is 7. The maximum absolute atomic E-state index is 6.16. The summed E-state index contributed by atoms with van der Waals surface area (Å²) in [6, 6.07) is 59.1. The lowest BCUT2D eigenvalue weighted by Gasteiger charge is -2.39. The van der Waals surface area contributed by atoms with Gasteiger partial charge in [-0.3, -0.25) is 4.57 Å². The zero-order chi connectivity index (χ0) is 31.8. The van der Waals surface area contributed by atoms with Gasteiger partial charge in [-0.1, -0.05) is 127 Å². The fraction of sp³-hybridized carbons (Fsp3) is 0.0227. The quantitative estimate of drug-likeness (QED) is 0.197. The number of nitrogens with two attached hydrogens (primary N) is 1. The Balaban J connectivity index is 1.34. The van der Waals surface area contributed by atoms with Crippen LogP contribution in [0.5, 0.6) is 0 Å². The molecule has 48 heavy (non-hydrogen) atoms. The third-order valence-electron chi connectivity index (χ3n) is 10.0. The van der Waals surface area contributed by atoms with Crippen molar-refractivity contribution in [3.8, 4) is 39.3 Å². The highest BCUT2D eigenvalue weighted by Gasteiger charge is 2.51. The van der Waals surface area contributed by atoms with Gasteiger partial charge in [0.05, 0.1) is 16.4 Å². The number of anilines is 1. The first-order valence-electron chi connectivity index (χ1n) is 16.3. The van der Waals surface area contributed by atoms with Crippen LogP contribution in [-0.4, -0.2) is 9.55 Å². The fourth-order valence-electron chi connectivity index (χ4n) is 8.05. The van der Waals surface area contributed by atoms with Crippen molar-refractivity contribution in [3.05, 3.63) is 186 Å². The van der Waals surface area contributed by atoms with Crippen molar-refractivity contribution >= 4 is 28.5 Å². The Morgan fingerprint density at radius 2 is 1.19 bits per heavy atom. The summed E-state index contributed by atoms with van der Waals surface area (Å²) in [5.74, 6) is 0.934. The average molecular weight is 632 g/mol. The Bertz CT molecular complexity index is 2500. The SMILES string of the molecule is Nc1ccc(-c2cccc3c2-c2ccc(-n4c(-c5ccccc5)nc5ccccc54)cc2C32c3ccccc3Sc3ccccc32)cc1. The van der Waals surface area contributed by atoms with Gasteiger partial charge in [-0.15, -0.1) is 0 Å². The molecule has 8 aromatic rings. The molecule has 7 aromatic carbocycles.